The van der Waals surface area contributed by atoms with Gasteiger partial charge in [-0.15, -0.1) is 10.2 Å². The van der Waals surface area contributed by atoms with E-state index >= 15 is 0 Å². The molecule has 1 heterocycles. The minimum absolute atomic E-state index is 0.0193. The highest BCUT2D eigenvalue weighted by atomic mass is 35.5. The third-order valence-electron chi connectivity index (χ3n) is 3.75. The number of anilines is 2. The van der Waals surface area contributed by atoms with E-state index in [1.807, 2.05) is 12.1 Å². The number of nitro benzene ring substituents is 1. The summed E-state index contributed by atoms with van der Waals surface area (Å²) < 4.78 is 5.49. The zero-order chi connectivity index (χ0) is 20.8. The van der Waals surface area contributed by atoms with Crippen LogP contribution < -0.4 is 10.6 Å². The van der Waals surface area contributed by atoms with E-state index in [0.717, 1.165) is 23.0 Å². The van der Waals surface area contributed by atoms with Crippen molar-refractivity contribution < 1.29 is 14.1 Å². The number of carbonyl (C=O) groups excluding carboxylic acids is 1. The van der Waals surface area contributed by atoms with Gasteiger partial charge in [0.1, 0.15) is 0 Å². The third kappa shape index (κ3) is 5.93. The van der Waals surface area contributed by atoms with Crippen LogP contribution in [0.25, 0.3) is 0 Å². The summed E-state index contributed by atoms with van der Waals surface area (Å²) in [5.41, 5.74) is 1.84. The van der Waals surface area contributed by atoms with Crippen LogP contribution in [0.4, 0.5) is 17.1 Å². The molecule has 0 radical (unpaired) electrons. The van der Waals surface area contributed by atoms with Crippen molar-refractivity contribution in [3.63, 3.8) is 0 Å². The summed E-state index contributed by atoms with van der Waals surface area (Å²) in [4.78, 5) is 22.5. The van der Waals surface area contributed by atoms with E-state index in [4.69, 9.17) is 16.0 Å². The van der Waals surface area contributed by atoms with Crippen LogP contribution in [0.1, 0.15) is 11.5 Å². The van der Waals surface area contributed by atoms with Crippen LogP contribution in [0.5, 0.6) is 0 Å². The summed E-state index contributed by atoms with van der Waals surface area (Å²) in [7, 11) is 0. The largest absolute Gasteiger partial charge is 0.414 e. The van der Waals surface area contributed by atoms with Crippen LogP contribution in [0.15, 0.2) is 52.1 Å². The molecule has 0 atom stereocenters. The predicted molar refractivity (Wildman–Crippen MR) is 110 cm³/mol. The van der Waals surface area contributed by atoms with Crippen LogP contribution >= 0.6 is 23.4 Å². The van der Waals surface area contributed by atoms with E-state index < -0.39 is 4.92 Å². The van der Waals surface area contributed by atoms with Gasteiger partial charge in [0.15, 0.2) is 0 Å². The van der Waals surface area contributed by atoms with Crippen LogP contribution in [-0.2, 0) is 11.3 Å². The lowest BCUT2D eigenvalue weighted by Crippen LogP contribution is -2.15. The Hall–Kier alpha value is -3.11. The van der Waals surface area contributed by atoms with Gasteiger partial charge in [0.25, 0.3) is 10.9 Å². The fourth-order valence-corrected chi connectivity index (χ4v) is 3.09. The summed E-state index contributed by atoms with van der Waals surface area (Å²) in [6, 6.07) is 11.5. The molecule has 0 spiro atoms. The normalized spacial score (nSPS) is 10.6. The predicted octanol–water partition coefficient (Wildman–Crippen LogP) is 4.28. The number of hydrogen-bond donors (Lipinski definition) is 2. The first-order valence-corrected chi connectivity index (χ1v) is 9.76. The molecular formula is C18H16ClN5O4S. The van der Waals surface area contributed by atoms with E-state index in [0.29, 0.717) is 23.1 Å². The van der Waals surface area contributed by atoms with Crippen molar-refractivity contribution in [1.29, 1.82) is 0 Å². The van der Waals surface area contributed by atoms with Crippen molar-refractivity contribution in [2.45, 2.75) is 18.7 Å². The highest BCUT2D eigenvalue weighted by molar-refractivity contribution is 7.99. The first-order valence-electron chi connectivity index (χ1n) is 8.40. The minimum atomic E-state index is -0.513. The molecule has 29 heavy (non-hydrogen) atoms. The van der Waals surface area contributed by atoms with E-state index in [1.54, 1.807) is 25.1 Å². The lowest BCUT2D eigenvalue weighted by atomic mass is 10.2. The number of rotatable bonds is 8. The van der Waals surface area contributed by atoms with Crippen molar-refractivity contribution >= 4 is 46.3 Å². The molecule has 9 nitrogen and oxygen atoms in total. The van der Waals surface area contributed by atoms with E-state index in [9.17, 15) is 14.9 Å². The van der Waals surface area contributed by atoms with Crippen molar-refractivity contribution in [3.8, 4) is 0 Å². The highest BCUT2D eigenvalue weighted by Crippen LogP contribution is 2.23. The van der Waals surface area contributed by atoms with Crippen molar-refractivity contribution in [1.82, 2.24) is 10.2 Å². The van der Waals surface area contributed by atoms with E-state index in [1.165, 1.54) is 12.1 Å². The Bertz CT molecular complexity index is 1040. The molecule has 3 aromatic rings. The second-order valence-corrected chi connectivity index (χ2v) is 7.28. The molecule has 2 aromatic carbocycles. The van der Waals surface area contributed by atoms with E-state index in [2.05, 4.69) is 20.8 Å². The van der Waals surface area contributed by atoms with Gasteiger partial charge in [0.05, 0.1) is 22.9 Å². The fraction of sp³-hybridized carbons (Fsp3) is 0.167. The maximum absolute atomic E-state index is 12.2. The Morgan fingerprint density at radius 2 is 2.10 bits per heavy atom. The average Bonchev–Trinajstić information content (AvgIpc) is 3.14. The van der Waals surface area contributed by atoms with Crippen LogP contribution in [-0.4, -0.2) is 26.8 Å². The SMILES string of the molecule is Cc1ccc([N+](=O)[O-])cc1NC(=O)CSc1nnc(CNc2cccc(Cl)c2)o1. The highest BCUT2D eigenvalue weighted by Gasteiger charge is 2.13. The molecular weight excluding hydrogens is 418 g/mol. The average molecular weight is 434 g/mol. The van der Waals surface area contributed by atoms with E-state index in [-0.39, 0.29) is 22.6 Å². The molecule has 1 amide bonds. The minimum Gasteiger partial charge on any atom is -0.414 e. The lowest BCUT2D eigenvalue weighted by molar-refractivity contribution is -0.384. The molecule has 0 fully saturated rings. The fourth-order valence-electron chi connectivity index (χ4n) is 2.32. The van der Waals surface area contributed by atoms with Crippen LogP contribution in [0.2, 0.25) is 5.02 Å². The van der Waals surface area contributed by atoms with Gasteiger partial charge >= 0.3 is 0 Å². The number of hydrogen-bond acceptors (Lipinski definition) is 8. The van der Waals surface area contributed by atoms with Crippen molar-refractivity contribution in [2.24, 2.45) is 0 Å². The van der Waals surface area contributed by atoms with Gasteiger partial charge in [-0.1, -0.05) is 35.5 Å². The van der Waals surface area contributed by atoms with Crippen molar-refractivity contribution in [2.75, 3.05) is 16.4 Å². The van der Waals surface area contributed by atoms with Gasteiger partial charge in [0, 0.05) is 22.8 Å². The molecule has 2 N–H and O–H groups in total. The van der Waals surface area contributed by atoms with Gasteiger partial charge in [-0.05, 0) is 30.7 Å². The van der Waals surface area contributed by atoms with Gasteiger partial charge in [-0.25, -0.2) is 0 Å². The number of aromatic nitrogens is 2. The van der Waals surface area contributed by atoms with Crippen LogP contribution in [0, 0.1) is 17.0 Å². The Morgan fingerprint density at radius 1 is 1.28 bits per heavy atom. The second-order valence-electron chi connectivity index (χ2n) is 5.92. The number of nitro groups is 1. The summed E-state index contributed by atoms with van der Waals surface area (Å²) in [5, 5.41) is 25.3. The Balaban J connectivity index is 1.51. The number of benzene rings is 2. The number of amides is 1. The molecule has 0 bridgehead atoms. The smallest absolute Gasteiger partial charge is 0.277 e. The maximum atomic E-state index is 12.2. The first kappa shape index (κ1) is 20.6. The lowest BCUT2D eigenvalue weighted by Gasteiger charge is -2.07. The van der Waals surface area contributed by atoms with Gasteiger partial charge < -0.3 is 15.1 Å². The number of nitrogens with zero attached hydrogens (tertiary/aromatic N) is 3. The zero-order valence-electron chi connectivity index (χ0n) is 15.2. The maximum Gasteiger partial charge on any atom is 0.277 e. The molecule has 11 heteroatoms. The second kappa shape index (κ2) is 9.39. The monoisotopic (exact) mass is 433 g/mol. The number of nitrogens with one attached hydrogen (secondary N) is 2. The Kier molecular flexibility index (Phi) is 6.68. The third-order valence-corrected chi connectivity index (χ3v) is 4.80. The van der Waals surface area contributed by atoms with Crippen LogP contribution in [0.3, 0.4) is 0 Å². The summed E-state index contributed by atoms with van der Waals surface area (Å²) in [5.74, 6) is 0.0451. The molecule has 150 valence electrons. The van der Waals surface area contributed by atoms with Crippen molar-refractivity contribution in [3.05, 3.63) is 69.1 Å². The number of carbonyl (C=O) groups is 1. The summed E-state index contributed by atoms with van der Waals surface area (Å²) >= 11 is 7.00. The topological polar surface area (TPSA) is 123 Å². The molecule has 3 rings (SSSR count). The van der Waals surface area contributed by atoms with Gasteiger partial charge in [0.2, 0.25) is 11.8 Å². The van der Waals surface area contributed by atoms with Gasteiger partial charge in [-0.3, -0.25) is 14.9 Å². The standard InChI is InChI=1S/C18H16ClN5O4S/c1-11-5-6-14(24(26)27)8-15(11)21-16(25)10-29-18-23-22-17(28-18)9-20-13-4-2-3-12(19)7-13/h2-8,20H,9-10H2,1H3,(H,21,25). The molecule has 0 unspecified atom stereocenters. The summed E-state index contributed by atoms with van der Waals surface area (Å²) in [6.07, 6.45) is 0. The first-order chi connectivity index (χ1) is 13.9. The quantitative estimate of drug-likeness (QED) is 0.306. The molecule has 0 aliphatic heterocycles. The Labute approximate surface area is 175 Å². The van der Waals surface area contributed by atoms with Gasteiger partial charge in [-0.2, -0.15) is 0 Å². The summed E-state index contributed by atoms with van der Waals surface area (Å²) in [6.45, 7) is 2.07. The molecule has 1 aromatic heterocycles. The zero-order valence-corrected chi connectivity index (χ0v) is 16.8. The molecule has 0 aliphatic carbocycles. The number of non-ortho nitro benzene ring substituents is 1. The number of halogens is 1. The molecule has 0 saturated heterocycles. The number of aryl methyl sites for hydroxylation is 1. The molecule has 0 saturated carbocycles. The number of thioether (sulfide) groups is 1. The Morgan fingerprint density at radius 3 is 2.86 bits per heavy atom. The molecule has 0 aliphatic rings.